The Kier molecular flexibility index (Phi) is 5.14. The van der Waals surface area contributed by atoms with Gasteiger partial charge in [-0.3, -0.25) is 4.79 Å². The average Bonchev–Trinajstić information content (AvgIpc) is 2.98. The third-order valence-corrected chi connectivity index (χ3v) is 4.39. The molecule has 0 aliphatic rings. The molecule has 3 aromatic rings. The number of carboxylic acids is 1. The molecule has 6 nitrogen and oxygen atoms in total. The number of methoxy groups -OCH3 is 2. The van der Waals surface area contributed by atoms with Gasteiger partial charge in [-0.05, 0) is 29.3 Å². The second-order valence-corrected chi connectivity index (χ2v) is 6.17. The molecule has 0 aliphatic carbocycles. The minimum Gasteiger partial charge on any atom is -0.497 e. The largest absolute Gasteiger partial charge is 0.497 e. The summed E-state index contributed by atoms with van der Waals surface area (Å²) in [6, 6.07) is 12.7. The predicted molar refractivity (Wildman–Crippen MR) is 99.9 cm³/mol. The van der Waals surface area contributed by atoms with Gasteiger partial charge in [-0.25, -0.2) is 0 Å². The van der Waals surface area contributed by atoms with Gasteiger partial charge in [0.05, 0.1) is 14.2 Å². The van der Waals surface area contributed by atoms with Crippen LogP contribution < -0.4 is 15.2 Å². The van der Waals surface area contributed by atoms with Crippen LogP contribution >= 0.6 is 0 Å². The smallest absolute Gasteiger partial charge is 0.320 e. The van der Waals surface area contributed by atoms with E-state index < -0.39 is 12.0 Å². The van der Waals surface area contributed by atoms with Crippen LogP contribution in [-0.2, 0) is 17.8 Å². The number of nitrogens with zero attached hydrogens (tertiary/aromatic N) is 1. The number of hydrogen-bond donors (Lipinski definition) is 2. The number of aromatic nitrogens is 1. The summed E-state index contributed by atoms with van der Waals surface area (Å²) in [5, 5.41) is 10.1. The van der Waals surface area contributed by atoms with E-state index in [0.717, 1.165) is 33.5 Å². The molecule has 0 saturated heterocycles. The van der Waals surface area contributed by atoms with E-state index >= 15 is 0 Å². The van der Waals surface area contributed by atoms with Crippen LogP contribution in [0.15, 0.2) is 48.7 Å². The number of carbonyl (C=O) groups is 1. The summed E-state index contributed by atoms with van der Waals surface area (Å²) in [4.78, 5) is 11.1. The second-order valence-electron chi connectivity index (χ2n) is 6.17. The summed E-state index contributed by atoms with van der Waals surface area (Å²) in [7, 11) is 3.24. The van der Waals surface area contributed by atoms with Gasteiger partial charge in [0.15, 0.2) is 0 Å². The minimum atomic E-state index is -1.00. The number of hydrogen-bond acceptors (Lipinski definition) is 4. The molecule has 1 atom stereocenters. The fourth-order valence-corrected chi connectivity index (χ4v) is 3.09. The standard InChI is InChI=1S/C20H22N2O4/c1-25-15-7-13(8-16(10-15)26-2)11-22-12-14(9-18(21)20(23)24)17-5-3-4-6-19(17)22/h3-8,10,12,18H,9,11,21H2,1-2H3,(H,23,24)/t18-/m0/s1. The highest BCUT2D eigenvalue weighted by Crippen LogP contribution is 2.27. The fourth-order valence-electron chi connectivity index (χ4n) is 3.09. The summed E-state index contributed by atoms with van der Waals surface area (Å²) in [6.45, 7) is 0.608. The zero-order valence-corrected chi connectivity index (χ0v) is 14.8. The first kappa shape index (κ1) is 17.8. The van der Waals surface area contributed by atoms with E-state index in [1.165, 1.54) is 0 Å². The molecule has 0 saturated carbocycles. The molecule has 0 fully saturated rings. The van der Waals surface area contributed by atoms with Crippen molar-refractivity contribution in [2.75, 3.05) is 14.2 Å². The van der Waals surface area contributed by atoms with Gasteiger partial charge < -0.3 is 24.9 Å². The van der Waals surface area contributed by atoms with E-state index in [1.54, 1.807) is 14.2 Å². The van der Waals surface area contributed by atoms with Gasteiger partial charge in [0.25, 0.3) is 0 Å². The predicted octanol–water partition coefficient (Wildman–Crippen LogP) is 2.66. The molecule has 0 unspecified atom stereocenters. The fraction of sp³-hybridized carbons (Fsp3) is 0.250. The lowest BCUT2D eigenvalue weighted by atomic mass is 10.1. The number of fused-ring (bicyclic) bond motifs is 1. The summed E-state index contributed by atoms with van der Waals surface area (Å²) in [5.41, 5.74) is 8.71. The number of benzene rings is 2. The molecule has 0 radical (unpaired) electrons. The number of aliphatic carboxylic acids is 1. The molecule has 0 aliphatic heterocycles. The molecule has 0 bridgehead atoms. The summed E-state index contributed by atoms with van der Waals surface area (Å²) < 4.78 is 12.8. The molecule has 6 heteroatoms. The van der Waals surface area contributed by atoms with Crippen molar-refractivity contribution in [2.24, 2.45) is 5.73 Å². The Morgan fingerprint density at radius 3 is 2.42 bits per heavy atom. The van der Waals surface area contributed by atoms with E-state index in [1.807, 2.05) is 48.7 Å². The van der Waals surface area contributed by atoms with Crippen LogP contribution in [-0.4, -0.2) is 35.9 Å². The molecule has 1 aromatic heterocycles. The molecule has 3 N–H and O–H groups in total. The third kappa shape index (κ3) is 3.65. The van der Waals surface area contributed by atoms with E-state index in [-0.39, 0.29) is 6.42 Å². The molecular formula is C20H22N2O4. The van der Waals surface area contributed by atoms with Crippen molar-refractivity contribution < 1.29 is 19.4 Å². The SMILES string of the molecule is COc1cc(Cn2cc(C[C@H](N)C(=O)O)c3ccccc32)cc(OC)c1. The highest BCUT2D eigenvalue weighted by Gasteiger charge is 2.16. The molecule has 136 valence electrons. The van der Waals surface area contributed by atoms with Crippen LogP contribution in [0.1, 0.15) is 11.1 Å². The van der Waals surface area contributed by atoms with Gasteiger partial charge in [-0.1, -0.05) is 18.2 Å². The van der Waals surface area contributed by atoms with E-state index in [0.29, 0.717) is 6.54 Å². The first-order valence-corrected chi connectivity index (χ1v) is 8.29. The van der Waals surface area contributed by atoms with Gasteiger partial charge in [0.1, 0.15) is 17.5 Å². The lowest BCUT2D eigenvalue weighted by molar-refractivity contribution is -0.138. The Balaban J connectivity index is 1.99. The Labute approximate surface area is 151 Å². The lowest BCUT2D eigenvalue weighted by Gasteiger charge is -2.10. The third-order valence-electron chi connectivity index (χ3n) is 4.39. The van der Waals surface area contributed by atoms with Crippen LogP contribution in [0.5, 0.6) is 11.5 Å². The quantitative estimate of drug-likeness (QED) is 0.681. The molecule has 26 heavy (non-hydrogen) atoms. The van der Waals surface area contributed by atoms with Crippen molar-refractivity contribution in [3.63, 3.8) is 0 Å². The number of nitrogens with two attached hydrogens (primary N) is 1. The zero-order chi connectivity index (χ0) is 18.7. The van der Waals surface area contributed by atoms with E-state index in [4.69, 9.17) is 20.3 Å². The topological polar surface area (TPSA) is 86.7 Å². The van der Waals surface area contributed by atoms with Crippen molar-refractivity contribution in [3.8, 4) is 11.5 Å². The van der Waals surface area contributed by atoms with Gasteiger partial charge in [0.2, 0.25) is 0 Å². The maximum atomic E-state index is 11.1. The van der Waals surface area contributed by atoms with Gasteiger partial charge in [0, 0.05) is 36.1 Å². The van der Waals surface area contributed by atoms with E-state index in [9.17, 15) is 4.79 Å². The molecule has 3 rings (SSSR count). The Morgan fingerprint density at radius 1 is 1.15 bits per heavy atom. The van der Waals surface area contributed by atoms with Crippen LogP contribution in [0.3, 0.4) is 0 Å². The van der Waals surface area contributed by atoms with Gasteiger partial charge >= 0.3 is 5.97 Å². The summed E-state index contributed by atoms with van der Waals surface area (Å²) in [5.74, 6) is 0.451. The Bertz CT molecular complexity index is 910. The first-order chi connectivity index (χ1) is 12.5. The summed E-state index contributed by atoms with van der Waals surface area (Å²) in [6.07, 6.45) is 2.25. The number of carboxylic acid groups (broad SMARTS) is 1. The van der Waals surface area contributed by atoms with Crippen molar-refractivity contribution in [1.82, 2.24) is 4.57 Å². The Morgan fingerprint density at radius 2 is 1.81 bits per heavy atom. The van der Waals surface area contributed by atoms with Crippen molar-refractivity contribution in [2.45, 2.75) is 19.0 Å². The zero-order valence-electron chi connectivity index (χ0n) is 14.8. The van der Waals surface area contributed by atoms with Crippen molar-refractivity contribution >= 4 is 16.9 Å². The van der Waals surface area contributed by atoms with Crippen LogP contribution in [0, 0.1) is 0 Å². The van der Waals surface area contributed by atoms with Crippen molar-refractivity contribution in [3.05, 3.63) is 59.8 Å². The monoisotopic (exact) mass is 354 g/mol. The first-order valence-electron chi connectivity index (χ1n) is 8.29. The molecular weight excluding hydrogens is 332 g/mol. The minimum absolute atomic E-state index is 0.282. The Hall–Kier alpha value is -2.99. The number of rotatable bonds is 7. The molecule has 0 amide bonds. The van der Waals surface area contributed by atoms with Gasteiger partial charge in [-0.2, -0.15) is 0 Å². The van der Waals surface area contributed by atoms with Crippen LogP contribution in [0.4, 0.5) is 0 Å². The van der Waals surface area contributed by atoms with E-state index in [2.05, 4.69) is 4.57 Å². The second kappa shape index (κ2) is 7.49. The molecule has 2 aromatic carbocycles. The molecule has 1 heterocycles. The number of para-hydroxylation sites is 1. The average molecular weight is 354 g/mol. The summed E-state index contributed by atoms with van der Waals surface area (Å²) >= 11 is 0. The van der Waals surface area contributed by atoms with Gasteiger partial charge in [-0.15, -0.1) is 0 Å². The maximum Gasteiger partial charge on any atom is 0.320 e. The number of ether oxygens (including phenoxy) is 2. The van der Waals surface area contributed by atoms with Crippen LogP contribution in [0.2, 0.25) is 0 Å². The maximum absolute atomic E-state index is 11.1. The van der Waals surface area contributed by atoms with Crippen molar-refractivity contribution in [1.29, 1.82) is 0 Å². The lowest BCUT2D eigenvalue weighted by Crippen LogP contribution is -2.32. The van der Waals surface area contributed by atoms with Crippen LogP contribution in [0.25, 0.3) is 10.9 Å². The normalized spacial score (nSPS) is 12.1. The highest BCUT2D eigenvalue weighted by atomic mass is 16.5. The highest BCUT2D eigenvalue weighted by molar-refractivity contribution is 5.85. The molecule has 0 spiro atoms.